The van der Waals surface area contributed by atoms with Gasteiger partial charge >= 0.3 is 0 Å². The molecular weight excluding hydrogens is 877 g/mol. The zero-order valence-electron chi connectivity index (χ0n) is 37.0. The van der Waals surface area contributed by atoms with Crippen molar-refractivity contribution in [3.05, 3.63) is 222 Å². The quantitative estimate of drug-likeness (QED) is 0.147. The van der Waals surface area contributed by atoms with Gasteiger partial charge in [0.05, 0.1) is 52.6 Å². The first kappa shape index (κ1) is 41.4. The van der Waals surface area contributed by atoms with Crippen molar-refractivity contribution in [2.75, 3.05) is 0 Å². The Labute approximate surface area is 406 Å². The van der Waals surface area contributed by atoms with Crippen molar-refractivity contribution < 1.29 is 0 Å². The Bertz CT molecular complexity index is 4100. The van der Waals surface area contributed by atoms with E-state index in [1.54, 1.807) is 35.6 Å². The number of benzene rings is 9. The molecule has 0 saturated heterocycles. The van der Waals surface area contributed by atoms with Crippen LogP contribution in [-0.2, 0) is 0 Å². The second-order valence-electron chi connectivity index (χ2n) is 16.8. The third-order valence-corrected chi connectivity index (χ3v) is 13.9. The Hall–Kier alpha value is -10.0. The Kier molecular flexibility index (Phi) is 10.1. The largest absolute Gasteiger partial charge is 0.308 e. The van der Waals surface area contributed by atoms with Crippen LogP contribution in [0.5, 0.6) is 0 Å². The summed E-state index contributed by atoms with van der Waals surface area (Å²) in [5.41, 5.74) is 11.6. The van der Waals surface area contributed by atoms with Gasteiger partial charge in [0.2, 0.25) is 0 Å². The van der Waals surface area contributed by atoms with Gasteiger partial charge in [-0.15, -0.1) is 11.3 Å². The second-order valence-corrected chi connectivity index (χ2v) is 17.9. The fourth-order valence-electron chi connectivity index (χ4n) is 9.54. The molecule has 3 aromatic heterocycles. The van der Waals surface area contributed by atoms with Crippen LogP contribution in [0.25, 0.3) is 120 Å². The number of rotatable bonds is 7. The third-order valence-electron chi connectivity index (χ3n) is 12.8. The van der Waals surface area contributed by atoms with E-state index in [9.17, 15) is 15.8 Å². The highest BCUT2D eigenvalue weighted by Crippen LogP contribution is 2.44. The van der Waals surface area contributed by atoms with Crippen LogP contribution in [0.2, 0.25) is 0 Å². The predicted molar refractivity (Wildman–Crippen MR) is 280 cm³/mol. The minimum atomic E-state index is 0.389. The first-order valence-corrected chi connectivity index (χ1v) is 23.2. The van der Waals surface area contributed by atoms with E-state index in [-0.39, 0.29) is 0 Å². The Morgan fingerprint density at radius 1 is 0.429 bits per heavy atom. The molecule has 0 atom stereocenters. The minimum absolute atomic E-state index is 0.389. The molecule has 8 nitrogen and oxygen atoms in total. The van der Waals surface area contributed by atoms with Crippen LogP contribution >= 0.6 is 11.3 Å². The fourth-order valence-corrected chi connectivity index (χ4v) is 10.7. The fraction of sp³-hybridized carbons (Fsp3) is 0. The molecule has 0 spiro atoms. The first-order valence-electron chi connectivity index (χ1n) is 22.4. The van der Waals surface area contributed by atoms with Gasteiger partial charge < -0.3 is 4.57 Å². The zero-order valence-corrected chi connectivity index (χ0v) is 37.8. The number of nitrogens with zero attached hydrogens (tertiary/aromatic N) is 8. The first-order chi connectivity index (χ1) is 34.5. The molecule has 0 aliphatic rings. The standard InChI is InChI=1S/C61H32N8S/c1-65-45-23-27-47(44(30-45)36-64)42-21-26-50-49-25-20-41(46-24-19-37(34-62)29-43(46)35-63)32-54(49)69(55(50)33-42)53-28-22-40(48-16-10-18-57-58(48)51-15-8-9-17-56(51)70-57)31-52(53)61-67-59(38-11-4-2-5-12-38)66-60(68-61)39-13-6-3-7-14-39/h2-33H. The van der Waals surface area contributed by atoms with Crippen molar-refractivity contribution >= 4 is 59.0 Å². The van der Waals surface area contributed by atoms with Crippen molar-refractivity contribution in [2.24, 2.45) is 0 Å². The van der Waals surface area contributed by atoms with Crippen LogP contribution in [0, 0.1) is 40.6 Å². The van der Waals surface area contributed by atoms with E-state index in [1.807, 2.05) is 84.9 Å². The number of nitriles is 3. The highest BCUT2D eigenvalue weighted by Gasteiger charge is 2.23. The lowest BCUT2D eigenvalue weighted by Crippen LogP contribution is -2.04. The lowest BCUT2D eigenvalue weighted by Gasteiger charge is -2.17. The van der Waals surface area contributed by atoms with Gasteiger partial charge in [-0.1, -0.05) is 140 Å². The lowest BCUT2D eigenvalue weighted by atomic mass is 9.96. The molecular formula is C61H32N8S. The molecule has 12 aromatic rings. The van der Waals surface area contributed by atoms with E-state index in [1.165, 1.54) is 20.2 Å². The van der Waals surface area contributed by atoms with Gasteiger partial charge in [-0.3, -0.25) is 0 Å². The summed E-state index contributed by atoms with van der Waals surface area (Å²) in [5, 5.41) is 34.7. The molecule has 12 rings (SSSR count). The number of aromatic nitrogens is 4. The maximum Gasteiger partial charge on any atom is 0.188 e. The zero-order chi connectivity index (χ0) is 47.3. The van der Waals surface area contributed by atoms with Gasteiger partial charge in [-0.25, -0.2) is 19.8 Å². The molecule has 0 aliphatic heterocycles. The summed E-state index contributed by atoms with van der Waals surface area (Å²) in [4.78, 5) is 19.3. The molecule has 9 aromatic carbocycles. The van der Waals surface area contributed by atoms with E-state index in [0.717, 1.165) is 66.4 Å². The Balaban J connectivity index is 1.20. The van der Waals surface area contributed by atoms with Gasteiger partial charge in [0.1, 0.15) is 0 Å². The molecule has 0 saturated carbocycles. The molecule has 0 unspecified atom stereocenters. The van der Waals surface area contributed by atoms with Crippen LogP contribution in [0.15, 0.2) is 194 Å². The smallest absolute Gasteiger partial charge is 0.188 e. The second kappa shape index (κ2) is 17.0. The number of thiophene rings is 1. The number of hydrogen-bond acceptors (Lipinski definition) is 7. The van der Waals surface area contributed by atoms with Gasteiger partial charge in [-0.05, 0) is 88.0 Å². The highest BCUT2D eigenvalue weighted by molar-refractivity contribution is 7.25. The summed E-state index contributed by atoms with van der Waals surface area (Å²) in [6, 6.07) is 70.9. The van der Waals surface area contributed by atoms with Gasteiger partial charge in [0, 0.05) is 53.2 Å². The summed E-state index contributed by atoms with van der Waals surface area (Å²) < 4.78 is 4.62. The monoisotopic (exact) mass is 908 g/mol. The summed E-state index contributed by atoms with van der Waals surface area (Å²) in [5.74, 6) is 1.51. The molecule has 0 aliphatic carbocycles. The summed E-state index contributed by atoms with van der Waals surface area (Å²) in [6.45, 7) is 7.63. The van der Waals surface area contributed by atoms with Crippen LogP contribution in [0.3, 0.4) is 0 Å². The van der Waals surface area contributed by atoms with E-state index >= 15 is 0 Å². The van der Waals surface area contributed by atoms with Crippen LogP contribution in [0.4, 0.5) is 5.69 Å². The summed E-state index contributed by atoms with van der Waals surface area (Å²) in [7, 11) is 0. The van der Waals surface area contributed by atoms with Crippen molar-refractivity contribution in [1.29, 1.82) is 15.8 Å². The van der Waals surface area contributed by atoms with Crippen molar-refractivity contribution in [3.63, 3.8) is 0 Å². The SMILES string of the molecule is [C-]#[N+]c1ccc(-c2ccc3c4ccc(-c5ccc(C#N)cc5C#N)cc4n(-c4ccc(-c5cccc6sc7ccccc7c56)cc4-c4nc(-c5ccccc5)nc(-c5ccccc5)n4)c3c2)c(C#N)c1. The summed E-state index contributed by atoms with van der Waals surface area (Å²) >= 11 is 1.77. The Morgan fingerprint density at radius 3 is 1.64 bits per heavy atom. The average Bonchev–Trinajstić information content (AvgIpc) is 3.98. The van der Waals surface area contributed by atoms with E-state index in [2.05, 4.69) is 113 Å². The number of fused-ring (bicyclic) bond motifs is 6. The van der Waals surface area contributed by atoms with Crippen LogP contribution in [0.1, 0.15) is 16.7 Å². The number of hydrogen-bond donors (Lipinski definition) is 0. The maximum atomic E-state index is 10.4. The summed E-state index contributed by atoms with van der Waals surface area (Å²) in [6.07, 6.45) is 0. The molecule has 0 N–H and O–H groups in total. The highest BCUT2D eigenvalue weighted by atomic mass is 32.1. The van der Waals surface area contributed by atoms with Crippen LogP contribution in [-0.4, -0.2) is 19.5 Å². The van der Waals surface area contributed by atoms with Crippen molar-refractivity contribution in [1.82, 2.24) is 19.5 Å². The predicted octanol–water partition coefficient (Wildman–Crippen LogP) is 15.5. The molecule has 0 fully saturated rings. The lowest BCUT2D eigenvalue weighted by molar-refractivity contribution is 1.06. The molecule has 70 heavy (non-hydrogen) atoms. The van der Waals surface area contributed by atoms with Crippen LogP contribution < -0.4 is 0 Å². The molecule has 322 valence electrons. The molecule has 0 bridgehead atoms. The maximum absolute atomic E-state index is 10.4. The average molecular weight is 909 g/mol. The van der Waals surface area contributed by atoms with Crippen molar-refractivity contribution in [3.8, 4) is 91.4 Å². The molecule has 0 radical (unpaired) electrons. The van der Waals surface area contributed by atoms with Gasteiger partial charge in [-0.2, -0.15) is 15.8 Å². The molecule has 0 amide bonds. The van der Waals surface area contributed by atoms with E-state index < -0.39 is 0 Å². The van der Waals surface area contributed by atoms with E-state index in [4.69, 9.17) is 21.5 Å². The van der Waals surface area contributed by atoms with E-state index in [0.29, 0.717) is 51.0 Å². The molecule has 3 heterocycles. The van der Waals surface area contributed by atoms with Crippen molar-refractivity contribution in [2.45, 2.75) is 0 Å². The Morgan fingerprint density at radius 2 is 1.00 bits per heavy atom. The third kappa shape index (κ3) is 7.00. The molecule has 9 heteroatoms. The van der Waals surface area contributed by atoms with Gasteiger partial charge in [0.15, 0.2) is 23.2 Å². The van der Waals surface area contributed by atoms with Gasteiger partial charge in [0.25, 0.3) is 0 Å². The topological polar surface area (TPSA) is 119 Å². The minimum Gasteiger partial charge on any atom is -0.308 e. The normalized spacial score (nSPS) is 11.1.